The van der Waals surface area contributed by atoms with E-state index in [2.05, 4.69) is 20.8 Å². The van der Waals surface area contributed by atoms with Gasteiger partial charge in [0, 0.05) is 33.0 Å². The van der Waals surface area contributed by atoms with Crippen LogP contribution in [0.3, 0.4) is 0 Å². The number of hydrogen-bond acceptors (Lipinski definition) is 7. The molecule has 22 heavy (non-hydrogen) atoms. The van der Waals surface area contributed by atoms with Gasteiger partial charge in [-0.25, -0.2) is 8.42 Å². The summed E-state index contributed by atoms with van der Waals surface area (Å²) in [5.41, 5.74) is 0. The molecule has 1 aromatic rings. The molecule has 0 aliphatic carbocycles. The minimum absolute atomic E-state index is 0.00619. The summed E-state index contributed by atoms with van der Waals surface area (Å²) in [5.74, 6) is -0.457. The second-order valence-corrected chi connectivity index (χ2v) is 8.02. The average molecular weight is 347 g/mol. The van der Waals surface area contributed by atoms with Crippen LogP contribution in [0.2, 0.25) is 0 Å². The van der Waals surface area contributed by atoms with Crippen LogP contribution in [0.4, 0.5) is 5.13 Å². The van der Waals surface area contributed by atoms with Gasteiger partial charge >= 0.3 is 0 Å². The molecule has 1 aliphatic rings. The van der Waals surface area contributed by atoms with Crippen molar-refractivity contribution in [2.24, 2.45) is 0 Å². The Bertz CT molecular complexity index is 664. The van der Waals surface area contributed by atoms with E-state index in [0.29, 0.717) is 25.9 Å². The number of piperidine rings is 1. The lowest BCUT2D eigenvalue weighted by Gasteiger charge is -2.30. The molecule has 1 aromatic heterocycles. The Morgan fingerprint density at radius 2 is 1.82 bits per heavy atom. The summed E-state index contributed by atoms with van der Waals surface area (Å²) in [5, 5.41) is 12.6. The molecule has 2 heterocycles. The van der Waals surface area contributed by atoms with Gasteiger partial charge in [0.2, 0.25) is 21.3 Å². The molecule has 0 bridgehead atoms. The Labute approximate surface area is 132 Å². The molecule has 0 aromatic carbocycles. The largest absolute Gasteiger partial charge is 0.354 e. The Balaban J connectivity index is 2.03. The van der Waals surface area contributed by atoms with Crippen LogP contribution in [0.5, 0.6) is 0 Å². The summed E-state index contributed by atoms with van der Waals surface area (Å²) in [4.78, 5) is 21.9. The van der Waals surface area contributed by atoms with Gasteiger partial charge in [0.1, 0.15) is 0 Å². The highest BCUT2D eigenvalue weighted by Crippen LogP contribution is 2.25. The molecule has 2 N–H and O–H groups in total. The molecule has 1 fully saturated rings. The summed E-state index contributed by atoms with van der Waals surface area (Å²) in [6.45, 7) is 3.36. The van der Waals surface area contributed by atoms with Crippen molar-refractivity contribution in [1.29, 1.82) is 0 Å². The number of amides is 2. The van der Waals surface area contributed by atoms with Crippen molar-refractivity contribution >= 4 is 38.3 Å². The van der Waals surface area contributed by atoms with Gasteiger partial charge in [-0.1, -0.05) is 11.3 Å². The standard InChI is InChI=1S/C11H17N5O4S2/c1-7(17)12-9-3-5-16(6-4-9)22(19,20)11-15-14-10(21-11)13-8(2)18/h9H,3-6H2,1-2H3,(H,12,17)(H,13,14,18). The van der Waals surface area contributed by atoms with E-state index < -0.39 is 10.0 Å². The molecule has 9 nitrogen and oxygen atoms in total. The first kappa shape index (κ1) is 16.8. The maximum atomic E-state index is 12.4. The van der Waals surface area contributed by atoms with Gasteiger partial charge in [0.15, 0.2) is 0 Å². The minimum Gasteiger partial charge on any atom is -0.354 e. The monoisotopic (exact) mass is 347 g/mol. The Hall–Kier alpha value is -1.59. The van der Waals surface area contributed by atoms with Crippen LogP contribution in [0, 0.1) is 0 Å². The zero-order chi connectivity index (χ0) is 16.3. The van der Waals surface area contributed by atoms with Gasteiger partial charge in [-0.05, 0) is 12.8 Å². The van der Waals surface area contributed by atoms with Gasteiger partial charge in [0.05, 0.1) is 0 Å². The van der Waals surface area contributed by atoms with Crippen LogP contribution in [0.25, 0.3) is 0 Å². The predicted octanol–water partition coefficient (Wildman–Crippen LogP) is -0.214. The summed E-state index contributed by atoms with van der Waals surface area (Å²) in [6.07, 6.45) is 1.10. The lowest BCUT2D eigenvalue weighted by atomic mass is 10.1. The quantitative estimate of drug-likeness (QED) is 0.727. The molecule has 1 saturated heterocycles. The summed E-state index contributed by atoms with van der Waals surface area (Å²) in [6, 6.07) is -0.00619. The highest BCUT2D eigenvalue weighted by atomic mass is 32.2. The molecule has 1 aliphatic heterocycles. The molecule has 0 unspecified atom stereocenters. The zero-order valence-corrected chi connectivity index (χ0v) is 13.8. The molecular formula is C11H17N5O4S2. The second kappa shape index (κ2) is 6.67. The van der Waals surface area contributed by atoms with Crippen molar-refractivity contribution < 1.29 is 18.0 Å². The number of aromatic nitrogens is 2. The van der Waals surface area contributed by atoms with Crippen LogP contribution in [0.1, 0.15) is 26.7 Å². The third-order valence-corrected chi connectivity index (χ3v) is 6.19. The Morgan fingerprint density at radius 3 is 2.36 bits per heavy atom. The van der Waals surface area contributed by atoms with Crippen LogP contribution < -0.4 is 10.6 Å². The maximum absolute atomic E-state index is 12.4. The molecule has 0 radical (unpaired) electrons. The summed E-state index contributed by atoms with van der Waals surface area (Å²) < 4.78 is 26.1. The van der Waals surface area contributed by atoms with Gasteiger partial charge in [0.25, 0.3) is 10.0 Å². The Morgan fingerprint density at radius 1 is 1.18 bits per heavy atom. The SMILES string of the molecule is CC(=O)Nc1nnc(S(=O)(=O)N2CCC(NC(C)=O)CC2)s1. The van der Waals surface area contributed by atoms with Crippen molar-refractivity contribution in [2.45, 2.75) is 37.1 Å². The van der Waals surface area contributed by atoms with Crippen molar-refractivity contribution in [3.63, 3.8) is 0 Å². The van der Waals surface area contributed by atoms with Crippen molar-refractivity contribution in [3.8, 4) is 0 Å². The molecule has 2 rings (SSSR count). The molecule has 0 saturated carbocycles. The van der Waals surface area contributed by atoms with Crippen LogP contribution in [-0.2, 0) is 19.6 Å². The summed E-state index contributed by atoms with van der Waals surface area (Å²) >= 11 is 0.820. The van der Waals surface area contributed by atoms with E-state index in [-0.39, 0.29) is 27.3 Å². The number of hydrogen-bond donors (Lipinski definition) is 2. The maximum Gasteiger partial charge on any atom is 0.272 e. The van der Waals surface area contributed by atoms with E-state index in [9.17, 15) is 18.0 Å². The van der Waals surface area contributed by atoms with Gasteiger partial charge in [-0.15, -0.1) is 10.2 Å². The lowest BCUT2D eigenvalue weighted by Crippen LogP contribution is -2.45. The van der Waals surface area contributed by atoms with E-state index in [0.717, 1.165) is 11.3 Å². The van der Waals surface area contributed by atoms with E-state index in [4.69, 9.17) is 0 Å². The number of anilines is 1. The normalized spacial score (nSPS) is 17.2. The third kappa shape index (κ3) is 3.99. The first-order valence-electron chi connectivity index (χ1n) is 6.67. The number of carbonyl (C=O) groups excluding carboxylic acids is 2. The minimum atomic E-state index is -3.71. The first-order valence-corrected chi connectivity index (χ1v) is 8.93. The number of rotatable bonds is 4. The highest BCUT2D eigenvalue weighted by molar-refractivity contribution is 7.91. The number of nitrogens with zero attached hydrogens (tertiary/aromatic N) is 3. The fourth-order valence-electron chi connectivity index (χ4n) is 2.15. The molecule has 0 atom stereocenters. The zero-order valence-electron chi connectivity index (χ0n) is 12.2. The van der Waals surface area contributed by atoms with Crippen molar-refractivity contribution in [2.75, 3.05) is 18.4 Å². The van der Waals surface area contributed by atoms with Crippen LogP contribution in [0.15, 0.2) is 4.34 Å². The number of sulfonamides is 1. The van der Waals surface area contributed by atoms with Gasteiger partial charge in [-0.3, -0.25) is 9.59 Å². The number of nitrogens with one attached hydrogen (secondary N) is 2. The topological polar surface area (TPSA) is 121 Å². The van der Waals surface area contributed by atoms with Crippen LogP contribution in [-0.4, -0.2) is 53.9 Å². The predicted molar refractivity (Wildman–Crippen MR) is 79.8 cm³/mol. The van der Waals surface area contributed by atoms with Crippen molar-refractivity contribution in [3.05, 3.63) is 0 Å². The van der Waals surface area contributed by atoms with Crippen molar-refractivity contribution in [1.82, 2.24) is 19.8 Å². The fraction of sp³-hybridized carbons (Fsp3) is 0.636. The molecular weight excluding hydrogens is 330 g/mol. The summed E-state index contributed by atoms with van der Waals surface area (Å²) in [7, 11) is -3.71. The average Bonchev–Trinajstić information content (AvgIpc) is 2.87. The van der Waals surface area contributed by atoms with Crippen LogP contribution >= 0.6 is 11.3 Å². The van der Waals surface area contributed by atoms with Gasteiger partial charge < -0.3 is 10.6 Å². The highest BCUT2D eigenvalue weighted by Gasteiger charge is 2.32. The smallest absolute Gasteiger partial charge is 0.272 e. The molecule has 122 valence electrons. The Kier molecular flexibility index (Phi) is 5.08. The fourth-order valence-corrected chi connectivity index (χ4v) is 4.71. The van der Waals surface area contributed by atoms with Gasteiger partial charge in [-0.2, -0.15) is 4.31 Å². The molecule has 0 spiro atoms. The molecule has 2 amide bonds. The van der Waals surface area contributed by atoms with E-state index in [1.54, 1.807) is 0 Å². The lowest BCUT2D eigenvalue weighted by molar-refractivity contribution is -0.120. The van der Waals surface area contributed by atoms with E-state index in [1.165, 1.54) is 18.2 Å². The van der Waals surface area contributed by atoms with E-state index >= 15 is 0 Å². The first-order chi connectivity index (χ1) is 10.3. The molecule has 11 heteroatoms. The third-order valence-electron chi connectivity index (χ3n) is 3.11. The number of carbonyl (C=O) groups is 2. The second-order valence-electron chi connectivity index (χ2n) is 4.93. The van der Waals surface area contributed by atoms with E-state index in [1.807, 2.05) is 0 Å².